The summed E-state index contributed by atoms with van der Waals surface area (Å²) in [5.74, 6) is 0.262. The van der Waals surface area contributed by atoms with Gasteiger partial charge in [-0.25, -0.2) is 4.98 Å². The normalized spacial score (nSPS) is 12.2. The van der Waals surface area contributed by atoms with Crippen LogP contribution < -0.4 is 10.1 Å². The van der Waals surface area contributed by atoms with Crippen LogP contribution in [-0.2, 0) is 4.79 Å². The zero-order valence-corrected chi connectivity index (χ0v) is 14.9. The number of ether oxygens (including phenoxy) is 1. The molecule has 0 aliphatic rings. The van der Waals surface area contributed by atoms with Gasteiger partial charge in [0, 0.05) is 0 Å². The van der Waals surface area contributed by atoms with Gasteiger partial charge in [0.15, 0.2) is 0 Å². The van der Waals surface area contributed by atoms with E-state index in [0.717, 1.165) is 5.56 Å². The van der Waals surface area contributed by atoms with Crippen LogP contribution in [-0.4, -0.2) is 18.0 Å². The van der Waals surface area contributed by atoms with Crippen molar-refractivity contribution in [2.75, 3.05) is 7.11 Å². The molecule has 1 heterocycles. The third-order valence-corrected chi connectivity index (χ3v) is 3.78. The van der Waals surface area contributed by atoms with Crippen molar-refractivity contribution >= 4 is 27.9 Å². The molecule has 122 valence electrons. The Morgan fingerprint density at radius 1 is 1.38 bits per heavy atom. The number of amides is 1. The number of aromatic nitrogens is 1. The molecule has 0 aliphatic carbocycles. The van der Waals surface area contributed by atoms with Gasteiger partial charge in [-0.3, -0.25) is 4.79 Å². The van der Waals surface area contributed by atoms with Crippen molar-refractivity contribution in [3.63, 3.8) is 0 Å². The first kappa shape index (κ1) is 17.7. The summed E-state index contributed by atoms with van der Waals surface area (Å²) >= 11 is 3.26. The number of carbonyl (C=O) groups is 1. The Labute approximate surface area is 149 Å². The van der Waals surface area contributed by atoms with Crippen LogP contribution in [0.2, 0.25) is 0 Å². The van der Waals surface area contributed by atoms with Crippen LogP contribution in [0, 0.1) is 11.3 Å². The molecule has 0 spiro atoms. The van der Waals surface area contributed by atoms with E-state index < -0.39 is 5.91 Å². The minimum absolute atomic E-state index is 0.00431. The molecule has 1 amide bonds. The monoisotopic (exact) mass is 385 g/mol. The summed E-state index contributed by atoms with van der Waals surface area (Å²) < 4.78 is 5.82. The molecule has 6 heteroatoms. The number of nitrogens with zero attached hydrogens (tertiary/aromatic N) is 2. The number of carbonyl (C=O) groups excluding carboxylic acids is 1. The number of halogens is 1. The third kappa shape index (κ3) is 4.67. The first-order valence-electron chi connectivity index (χ1n) is 7.22. The Hall–Kier alpha value is -2.65. The van der Waals surface area contributed by atoms with Crippen molar-refractivity contribution in [3.8, 4) is 11.8 Å². The van der Waals surface area contributed by atoms with Crippen LogP contribution in [0.3, 0.4) is 0 Å². The van der Waals surface area contributed by atoms with Crippen LogP contribution in [0.15, 0.2) is 52.6 Å². The molecule has 24 heavy (non-hydrogen) atoms. The average molecular weight is 386 g/mol. The minimum Gasteiger partial charge on any atom is -0.497 e. The van der Waals surface area contributed by atoms with Gasteiger partial charge in [0.1, 0.15) is 22.0 Å². The molecule has 2 aromatic rings. The lowest BCUT2D eigenvalue weighted by Gasteiger charge is -2.14. The molecule has 0 fully saturated rings. The summed E-state index contributed by atoms with van der Waals surface area (Å²) in [5, 5.41) is 12.1. The van der Waals surface area contributed by atoms with Crippen molar-refractivity contribution in [2.45, 2.75) is 13.0 Å². The molecule has 1 unspecified atom stereocenters. The van der Waals surface area contributed by atoms with E-state index in [9.17, 15) is 10.1 Å². The van der Waals surface area contributed by atoms with Gasteiger partial charge in [0.05, 0.1) is 18.8 Å². The molecule has 1 atom stereocenters. The molecule has 0 bridgehead atoms. The fourth-order valence-electron chi connectivity index (χ4n) is 2.07. The summed E-state index contributed by atoms with van der Waals surface area (Å²) in [6.07, 6.45) is 1.46. The molecule has 0 radical (unpaired) electrons. The maximum Gasteiger partial charge on any atom is 0.262 e. The maximum absolute atomic E-state index is 12.3. The van der Waals surface area contributed by atoms with Crippen LogP contribution in [0.25, 0.3) is 6.08 Å². The van der Waals surface area contributed by atoms with Gasteiger partial charge in [-0.15, -0.1) is 0 Å². The molecule has 0 aliphatic heterocycles. The average Bonchev–Trinajstić information content (AvgIpc) is 2.59. The van der Waals surface area contributed by atoms with Gasteiger partial charge in [0.2, 0.25) is 0 Å². The van der Waals surface area contributed by atoms with Crippen LogP contribution in [0.1, 0.15) is 24.2 Å². The predicted molar refractivity (Wildman–Crippen MR) is 95.1 cm³/mol. The van der Waals surface area contributed by atoms with E-state index in [0.29, 0.717) is 16.0 Å². The van der Waals surface area contributed by atoms with E-state index in [1.54, 1.807) is 25.3 Å². The lowest BCUT2D eigenvalue weighted by atomic mass is 10.1. The van der Waals surface area contributed by atoms with Gasteiger partial charge in [-0.1, -0.05) is 18.2 Å². The number of pyridine rings is 1. The molecule has 1 aromatic carbocycles. The highest BCUT2D eigenvalue weighted by molar-refractivity contribution is 9.10. The minimum atomic E-state index is -0.449. The van der Waals surface area contributed by atoms with Gasteiger partial charge in [0.25, 0.3) is 5.91 Å². The van der Waals surface area contributed by atoms with Gasteiger partial charge >= 0.3 is 0 Å². The maximum atomic E-state index is 12.3. The van der Waals surface area contributed by atoms with Gasteiger partial charge in [-0.2, -0.15) is 5.26 Å². The highest BCUT2D eigenvalue weighted by atomic mass is 79.9. The van der Waals surface area contributed by atoms with Crippen molar-refractivity contribution in [1.82, 2.24) is 10.3 Å². The predicted octanol–water partition coefficient (Wildman–Crippen LogP) is 3.64. The summed E-state index contributed by atoms with van der Waals surface area (Å²) in [6.45, 7) is 1.85. The lowest BCUT2D eigenvalue weighted by molar-refractivity contribution is -0.117. The number of benzene rings is 1. The zero-order valence-electron chi connectivity index (χ0n) is 13.3. The summed E-state index contributed by atoms with van der Waals surface area (Å²) in [7, 11) is 1.59. The Bertz CT molecular complexity index is 812. The Balaban J connectivity index is 2.15. The number of nitriles is 1. The number of rotatable bonds is 5. The quantitative estimate of drug-likeness (QED) is 0.484. The molecular weight excluding hydrogens is 370 g/mol. The zero-order chi connectivity index (χ0) is 17.5. The number of hydrogen-bond acceptors (Lipinski definition) is 4. The van der Waals surface area contributed by atoms with Crippen molar-refractivity contribution in [3.05, 3.63) is 63.9 Å². The van der Waals surface area contributed by atoms with E-state index in [-0.39, 0.29) is 11.6 Å². The fourth-order valence-corrected chi connectivity index (χ4v) is 2.43. The van der Waals surface area contributed by atoms with Crippen molar-refractivity contribution < 1.29 is 9.53 Å². The number of nitrogens with one attached hydrogen (secondary N) is 1. The molecule has 0 saturated carbocycles. The highest BCUT2D eigenvalue weighted by Crippen LogP contribution is 2.19. The molecule has 2 rings (SSSR count). The van der Waals surface area contributed by atoms with E-state index in [1.165, 1.54) is 6.08 Å². The van der Waals surface area contributed by atoms with Gasteiger partial charge in [-0.05, 0) is 58.8 Å². The molecule has 0 saturated heterocycles. The van der Waals surface area contributed by atoms with E-state index in [1.807, 2.05) is 37.3 Å². The Kier molecular flexibility index (Phi) is 6.10. The van der Waals surface area contributed by atoms with Crippen LogP contribution in [0.4, 0.5) is 0 Å². The lowest BCUT2D eigenvalue weighted by Crippen LogP contribution is -2.27. The topological polar surface area (TPSA) is 75.0 Å². The highest BCUT2D eigenvalue weighted by Gasteiger charge is 2.14. The number of methoxy groups -OCH3 is 1. The van der Waals surface area contributed by atoms with Crippen LogP contribution in [0.5, 0.6) is 5.75 Å². The smallest absolute Gasteiger partial charge is 0.262 e. The summed E-state index contributed by atoms with van der Waals surface area (Å²) in [6, 6.07) is 14.3. The van der Waals surface area contributed by atoms with E-state index >= 15 is 0 Å². The number of hydrogen-bond donors (Lipinski definition) is 1. The Morgan fingerprint density at radius 2 is 2.12 bits per heavy atom. The third-order valence-electron chi connectivity index (χ3n) is 3.34. The summed E-state index contributed by atoms with van der Waals surface area (Å²) in [5.41, 5.74) is 1.42. The van der Waals surface area contributed by atoms with Crippen LogP contribution >= 0.6 is 15.9 Å². The first-order chi connectivity index (χ1) is 11.5. The SMILES string of the molecule is COc1cccc(C(C)NC(=O)/C(C#N)=C/c2cccc(Br)n2)c1. The second-order valence-electron chi connectivity index (χ2n) is 5.03. The first-order valence-corrected chi connectivity index (χ1v) is 8.02. The fraction of sp³-hybridized carbons (Fsp3) is 0.167. The summed E-state index contributed by atoms with van der Waals surface area (Å²) in [4.78, 5) is 16.5. The van der Waals surface area contributed by atoms with E-state index in [4.69, 9.17) is 4.74 Å². The molecule has 1 N–H and O–H groups in total. The molecular formula is C18H16BrN3O2. The Morgan fingerprint density at radius 3 is 2.79 bits per heavy atom. The largest absolute Gasteiger partial charge is 0.497 e. The van der Waals surface area contributed by atoms with Gasteiger partial charge < -0.3 is 10.1 Å². The van der Waals surface area contributed by atoms with Crippen molar-refractivity contribution in [2.24, 2.45) is 0 Å². The van der Waals surface area contributed by atoms with Crippen molar-refractivity contribution in [1.29, 1.82) is 5.26 Å². The second-order valence-corrected chi connectivity index (χ2v) is 5.84. The van der Waals surface area contributed by atoms with E-state index in [2.05, 4.69) is 26.2 Å². The second kappa shape index (κ2) is 8.27. The molecule has 5 nitrogen and oxygen atoms in total. The molecule has 1 aromatic heterocycles. The standard InChI is InChI=1S/C18H16BrN3O2/c1-12(13-5-3-7-16(10-13)24-2)21-18(23)14(11-20)9-15-6-4-8-17(19)22-15/h3-10,12H,1-2H3,(H,21,23)/b14-9+.